The summed E-state index contributed by atoms with van der Waals surface area (Å²) >= 11 is 4.39. The minimum Gasteiger partial charge on any atom is -0.312 e. The smallest absolute Gasteiger partial charge is 0.257 e. The normalized spacial score (nSPS) is 9.83. The standard InChI is InChI=1S/C12H6BrFN2OS/c13-10-5-8(14)1-2-9(10)11(17)16-12-7(6-15)3-4-18-12/h1-5H,(H,16,17). The van der Waals surface area contributed by atoms with Gasteiger partial charge in [-0.05, 0) is 45.6 Å². The van der Waals surface area contributed by atoms with Gasteiger partial charge in [-0.15, -0.1) is 11.3 Å². The molecule has 0 aliphatic heterocycles. The van der Waals surface area contributed by atoms with E-state index in [0.29, 0.717) is 20.6 Å². The Labute approximate surface area is 115 Å². The summed E-state index contributed by atoms with van der Waals surface area (Å²) in [5.74, 6) is -0.812. The average molecular weight is 325 g/mol. The van der Waals surface area contributed by atoms with Crippen LogP contribution in [0.5, 0.6) is 0 Å². The Morgan fingerprint density at radius 2 is 2.22 bits per heavy atom. The molecule has 0 unspecified atom stereocenters. The lowest BCUT2D eigenvalue weighted by molar-refractivity contribution is 0.102. The SMILES string of the molecule is N#Cc1ccsc1NC(=O)c1ccc(F)cc1Br. The van der Waals surface area contributed by atoms with Gasteiger partial charge in [0.2, 0.25) is 0 Å². The van der Waals surface area contributed by atoms with Crippen molar-refractivity contribution in [2.45, 2.75) is 0 Å². The van der Waals surface area contributed by atoms with E-state index in [2.05, 4.69) is 21.2 Å². The quantitative estimate of drug-likeness (QED) is 0.914. The van der Waals surface area contributed by atoms with E-state index < -0.39 is 5.82 Å². The molecule has 6 heteroatoms. The molecule has 0 saturated carbocycles. The lowest BCUT2D eigenvalue weighted by atomic mass is 10.2. The number of amides is 1. The molecule has 0 fully saturated rings. The minimum absolute atomic E-state index is 0.314. The molecule has 1 aromatic heterocycles. The largest absolute Gasteiger partial charge is 0.312 e. The molecule has 1 N–H and O–H groups in total. The van der Waals surface area contributed by atoms with Gasteiger partial charge in [0.15, 0.2) is 0 Å². The molecule has 1 heterocycles. The molecule has 0 atom stereocenters. The topological polar surface area (TPSA) is 52.9 Å². The second kappa shape index (κ2) is 5.29. The van der Waals surface area contributed by atoms with Crippen molar-refractivity contribution in [3.05, 3.63) is 51.1 Å². The van der Waals surface area contributed by atoms with Crippen LogP contribution in [-0.2, 0) is 0 Å². The fourth-order valence-corrected chi connectivity index (χ4v) is 2.60. The Hall–Kier alpha value is -1.71. The summed E-state index contributed by atoms with van der Waals surface area (Å²) in [5.41, 5.74) is 0.722. The monoisotopic (exact) mass is 324 g/mol. The summed E-state index contributed by atoms with van der Waals surface area (Å²) in [6.45, 7) is 0. The van der Waals surface area contributed by atoms with E-state index in [1.165, 1.54) is 29.5 Å². The van der Waals surface area contributed by atoms with Crippen molar-refractivity contribution in [2.24, 2.45) is 0 Å². The molecule has 0 aliphatic rings. The molecular formula is C12H6BrFN2OS. The fraction of sp³-hybridized carbons (Fsp3) is 0. The first kappa shape index (κ1) is 12.7. The summed E-state index contributed by atoms with van der Waals surface area (Å²) in [6, 6.07) is 7.41. The number of anilines is 1. The van der Waals surface area contributed by atoms with Gasteiger partial charge in [0, 0.05) is 4.47 Å². The lowest BCUT2D eigenvalue weighted by Crippen LogP contribution is -2.12. The predicted octanol–water partition coefficient (Wildman–Crippen LogP) is 3.77. The van der Waals surface area contributed by atoms with Crippen molar-refractivity contribution in [1.82, 2.24) is 0 Å². The van der Waals surface area contributed by atoms with Crippen molar-refractivity contribution in [3.63, 3.8) is 0 Å². The van der Waals surface area contributed by atoms with Crippen LogP contribution in [0.3, 0.4) is 0 Å². The second-order valence-corrected chi connectivity index (χ2v) is 5.12. The van der Waals surface area contributed by atoms with Gasteiger partial charge < -0.3 is 5.32 Å². The van der Waals surface area contributed by atoms with Crippen LogP contribution in [0, 0.1) is 17.1 Å². The van der Waals surface area contributed by atoms with Crippen molar-refractivity contribution >= 4 is 38.2 Å². The summed E-state index contributed by atoms with van der Waals surface area (Å²) in [6.07, 6.45) is 0. The maximum atomic E-state index is 12.9. The van der Waals surface area contributed by atoms with Crippen molar-refractivity contribution in [3.8, 4) is 6.07 Å². The van der Waals surface area contributed by atoms with Crippen LogP contribution in [0.2, 0.25) is 0 Å². The first-order valence-corrected chi connectivity index (χ1v) is 6.53. The number of hydrogen-bond acceptors (Lipinski definition) is 3. The zero-order chi connectivity index (χ0) is 13.1. The second-order valence-electron chi connectivity index (χ2n) is 3.35. The maximum absolute atomic E-state index is 12.9. The van der Waals surface area contributed by atoms with Gasteiger partial charge >= 0.3 is 0 Å². The van der Waals surface area contributed by atoms with Crippen molar-refractivity contribution in [2.75, 3.05) is 5.32 Å². The summed E-state index contributed by atoms with van der Waals surface area (Å²) in [5, 5.41) is 13.7. The number of carbonyl (C=O) groups excluding carboxylic acids is 1. The molecule has 1 amide bonds. The molecule has 0 aliphatic carbocycles. The summed E-state index contributed by atoms with van der Waals surface area (Å²) in [4.78, 5) is 11.9. The highest BCUT2D eigenvalue weighted by Crippen LogP contribution is 2.24. The summed E-state index contributed by atoms with van der Waals surface area (Å²) in [7, 11) is 0. The third-order valence-electron chi connectivity index (χ3n) is 2.19. The van der Waals surface area contributed by atoms with E-state index in [1.807, 2.05) is 6.07 Å². The van der Waals surface area contributed by atoms with E-state index in [9.17, 15) is 9.18 Å². The summed E-state index contributed by atoms with van der Waals surface area (Å²) < 4.78 is 13.3. The molecule has 18 heavy (non-hydrogen) atoms. The number of nitriles is 1. The fourth-order valence-electron chi connectivity index (χ4n) is 1.34. The highest BCUT2D eigenvalue weighted by atomic mass is 79.9. The van der Waals surface area contributed by atoms with Gasteiger partial charge in [0.25, 0.3) is 5.91 Å². The molecule has 3 nitrogen and oxygen atoms in total. The van der Waals surface area contributed by atoms with E-state index in [1.54, 1.807) is 11.4 Å². The number of hydrogen-bond donors (Lipinski definition) is 1. The van der Waals surface area contributed by atoms with Gasteiger partial charge in [0.05, 0.1) is 11.1 Å². The molecule has 2 rings (SSSR count). The molecule has 0 spiro atoms. The van der Waals surface area contributed by atoms with E-state index in [-0.39, 0.29) is 5.91 Å². The van der Waals surface area contributed by atoms with Crippen LogP contribution in [0.1, 0.15) is 15.9 Å². The number of halogens is 2. The minimum atomic E-state index is -0.424. The van der Waals surface area contributed by atoms with Gasteiger partial charge in [-0.1, -0.05) is 0 Å². The van der Waals surface area contributed by atoms with Gasteiger partial charge in [0.1, 0.15) is 16.9 Å². The number of nitrogens with one attached hydrogen (secondary N) is 1. The van der Waals surface area contributed by atoms with Crippen LogP contribution < -0.4 is 5.32 Å². The molecule has 1 aromatic carbocycles. The Morgan fingerprint density at radius 1 is 1.44 bits per heavy atom. The van der Waals surface area contributed by atoms with Crippen LogP contribution >= 0.6 is 27.3 Å². The first-order chi connectivity index (χ1) is 8.61. The zero-order valence-corrected chi connectivity index (χ0v) is 11.3. The molecule has 0 bridgehead atoms. The molecular weight excluding hydrogens is 319 g/mol. The van der Waals surface area contributed by atoms with E-state index in [0.717, 1.165) is 0 Å². The molecule has 0 saturated heterocycles. The van der Waals surface area contributed by atoms with Gasteiger partial charge in [-0.3, -0.25) is 4.79 Å². The highest BCUT2D eigenvalue weighted by Gasteiger charge is 2.13. The van der Waals surface area contributed by atoms with Gasteiger partial charge in [-0.2, -0.15) is 5.26 Å². The van der Waals surface area contributed by atoms with Crippen molar-refractivity contribution in [1.29, 1.82) is 5.26 Å². The predicted molar refractivity (Wildman–Crippen MR) is 71.1 cm³/mol. The highest BCUT2D eigenvalue weighted by molar-refractivity contribution is 9.10. The number of nitrogens with zero attached hydrogens (tertiary/aromatic N) is 1. The third kappa shape index (κ3) is 2.58. The molecule has 0 radical (unpaired) electrons. The van der Waals surface area contributed by atoms with Crippen LogP contribution in [0.4, 0.5) is 9.39 Å². The molecule has 2 aromatic rings. The van der Waals surface area contributed by atoms with Crippen LogP contribution in [-0.4, -0.2) is 5.91 Å². The van der Waals surface area contributed by atoms with Crippen molar-refractivity contribution < 1.29 is 9.18 Å². The first-order valence-electron chi connectivity index (χ1n) is 4.86. The number of rotatable bonds is 2. The van der Waals surface area contributed by atoms with Crippen LogP contribution in [0.15, 0.2) is 34.1 Å². The van der Waals surface area contributed by atoms with E-state index in [4.69, 9.17) is 5.26 Å². The van der Waals surface area contributed by atoms with E-state index >= 15 is 0 Å². The maximum Gasteiger partial charge on any atom is 0.257 e. The lowest BCUT2D eigenvalue weighted by Gasteiger charge is -2.05. The number of benzene rings is 1. The van der Waals surface area contributed by atoms with Gasteiger partial charge in [-0.25, -0.2) is 4.39 Å². The average Bonchev–Trinajstić information content (AvgIpc) is 2.76. The van der Waals surface area contributed by atoms with Crippen LogP contribution in [0.25, 0.3) is 0 Å². The Kier molecular flexibility index (Phi) is 3.75. The Balaban J connectivity index is 2.25. The number of carbonyl (C=O) groups is 1. The zero-order valence-electron chi connectivity index (χ0n) is 8.91. The third-order valence-corrected chi connectivity index (χ3v) is 3.67. The number of thiophene rings is 1. The Bertz CT molecular complexity index is 648. The molecule has 90 valence electrons. The Morgan fingerprint density at radius 3 is 2.89 bits per heavy atom.